The van der Waals surface area contributed by atoms with E-state index in [0.717, 1.165) is 11.2 Å². The molecule has 3 heterocycles. The van der Waals surface area contributed by atoms with Crippen molar-refractivity contribution in [2.24, 2.45) is 11.3 Å². The molecule has 0 spiro atoms. The van der Waals surface area contributed by atoms with Crippen LogP contribution in [0, 0.1) is 11.3 Å². The molecule has 1 aliphatic heterocycles. The highest BCUT2D eigenvalue weighted by atomic mass is 16.4. The summed E-state index contributed by atoms with van der Waals surface area (Å²) >= 11 is 0. The highest BCUT2D eigenvalue weighted by Crippen LogP contribution is 2.28. The predicted molar refractivity (Wildman–Crippen MR) is 95.6 cm³/mol. The molecule has 0 unspecified atom stereocenters. The topological polar surface area (TPSA) is 95.1 Å². The van der Waals surface area contributed by atoms with E-state index in [-0.39, 0.29) is 24.7 Å². The van der Waals surface area contributed by atoms with Crippen LogP contribution in [0.3, 0.4) is 0 Å². The van der Waals surface area contributed by atoms with Crippen LogP contribution in [0.5, 0.6) is 0 Å². The van der Waals surface area contributed by atoms with Gasteiger partial charge in [0.15, 0.2) is 0 Å². The second-order valence-corrected chi connectivity index (χ2v) is 7.96. The Morgan fingerprint density at radius 3 is 2.81 bits per heavy atom. The van der Waals surface area contributed by atoms with Crippen molar-refractivity contribution in [2.75, 3.05) is 13.1 Å². The molecule has 0 aromatic carbocycles. The minimum absolute atomic E-state index is 0.0562. The molecule has 2 atom stereocenters. The third-order valence-corrected chi connectivity index (χ3v) is 4.95. The number of carbonyl (C=O) groups is 2. The minimum atomic E-state index is -0.909. The van der Waals surface area contributed by atoms with Crippen molar-refractivity contribution in [1.82, 2.24) is 14.3 Å². The fourth-order valence-corrected chi connectivity index (χ4v) is 3.60. The number of aliphatic hydroxyl groups excluding tert-OH is 1. The van der Waals surface area contributed by atoms with E-state index in [4.69, 9.17) is 5.11 Å². The molecule has 1 saturated heterocycles. The van der Waals surface area contributed by atoms with Crippen molar-refractivity contribution in [2.45, 2.75) is 39.2 Å². The van der Waals surface area contributed by atoms with Crippen LogP contribution < -0.4 is 0 Å². The summed E-state index contributed by atoms with van der Waals surface area (Å²) in [6.45, 7) is 4.31. The lowest BCUT2D eigenvalue weighted by atomic mass is 9.85. The Labute approximate surface area is 152 Å². The Kier molecular flexibility index (Phi) is 5.00. The van der Waals surface area contributed by atoms with Crippen molar-refractivity contribution < 1.29 is 19.8 Å². The van der Waals surface area contributed by atoms with Crippen LogP contribution in [-0.2, 0) is 16.0 Å². The van der Waals surface area contributed by atoms with E-state index in [2.05, 4.69) is 4.98 Å². The highest BCUT2D eigenvalue weighted by Gasteiger charge is 2.36. The largest absolute Gasteiger partial charge is 0.481 e. The van der Waals surface area contributed by atoms with E-state index >= 15 is 0 Å². The Morgan fingerprint density at radius 1 is 1.31 bits per heavy atom. The third-order valence-electron chi connectivity index (χ3n) is 4.95. The number of rotatable bonds is 6. The van der Waals surface area contributed by atoms with Gasteiger partial charge in [0.1, 0.15) is 0 Å². The molecule has 1 amide bonds. The third kappa shape index (κ3) is 4.22. The van der Waals surface area contributed by atoms with Crippen molar-refractivity contribution in [3.05, 3.63) is 36.4 Å². The molecule has 2 aromatic rings. The van der Waals surface area contributed by atoms with Crippen LogP contribution in [0.2, 0.25) is 0 Å². The maximum atomic E-state index is 12.5. The van der Waals surface area contributed by atoms with Gasteiger partial charge >= 0.3 is 5.97 Å². The van der Waals surface area contributed by atoms with Gasteiger partial charge in [-0.1, -0.05) is 13.8 Å². The molecule has 0 saturated carbocycles. The molecule has 26 heavy (non-hydrogen) atoms. The number of likely N-dealkylation sites (tertiary alicyclic amines) is 1. The first-order valence-electron chi connectivity index (χ1n) is 8.83. The van der Waals surface area contributed by atoms with Crippen LogP contribution >= 0.6 is 0 Å². The molecular weight excluding hydrogens is 334 g/mol. The maximum Gasteiger partial charge on any atom is 0.303 e. The van der Waals surface area contributed by atoms with Gasteiger partial charge in [-0.2, -0.15) is 0 Å². The number of nitrogens with zero attached hydrogens (tertiary/aromatic N) is 3. The number of β-amino-alcohol motifs (C(OH)–C–C–N with tert-alkyl or cyclic N) is 1. The van der Waals surface area contributed by atoms with E-state index in [0.29, 0.717) is 19.5 Å². The van der Waals surface area contributed by atoms with Gasteiger partial charge in [0.2, 0.25) is 5.91 Å². The first-order valence-corrected chi connectivity index (χ1v) is 8.83. The zero-order chi connectivity index (χ0) is 18.9. The van der Waals surface area contributed by atoms with Crippen LogP contribution in [0.25, 0.3) is 5.52 Å². The second-order valence-electron chi connectivity index (χ2n) is 7.96. The zero-order valence-corrected chi connectivity index (χ0v) is 15.1. The Morgan fingerprint density at radius 2 is 2.08 bits per heavy atom. The summed E-state index contributed by atoms with van der Waals surface area (Å²) in [6.07, 6.45) is 5.80. The van der Waals surface area contributed by atoms with Gasteiger partial charge in [-0.15, -0.1) is 0 Å². The number of aliphatic carboxylic acids is 1. The fraction of sp³-hybridized carbons (Fsp3) is 0.526. The SMILES string of the molecule is CC(C)(CC(=O)O)CC(=O)N1C[C@H](Cc2cn3cccc3cn2)[C@H](O)C1. The standard InChI is InChI=1S/C19H25N3O4/c1-19(2,8-18(25)26)7-17(24)22-10-13(16(23)12-22)6-14-11-21-5-3-4-15(21)9-20-14/h3-5,9,11,13,16,23H,6-8,10,12H2,1-2H3,(H,25,26)/t13-,16+/m0/s1. The van der Waals surface area contributed by atoms with E-state index in [9.17, 15) is 14.7 Å². The van der Waals surface area contributed by atoms with Crippen molar-refractivity contribution in [1.29, 1.82) is 0 Å². The number of aromatic nitrogens is 2. The number of carbonyl (C=O) groups excluding carboxylic acids is 1. The quantitative estimate of drug-likeness (QED) is 0.817. The summed E-state index contributed by atoms with van der Waals surface area (Å²) in [5, 5.41) is 19.3. The first kappa shape index (κ1) is 18.4. The molecule has 0 bridgehead atoms. The van der Waals surface area contributed by atoms with E-state index in [1.165, 1.54) is 0 Å². The van der Waals surface area contributed by atoms with E-state index < -0.39 is 17.5 Å². The summed E-state index contributed by atoms with van der Waals surface area (Å²) < 4.78 is 1.99. The Balaban J connectivity index is 1.61. The predicted octanol–water partition coefficient (Wildman–Crippen LogP) is 1.59. The molecule has 0 radical (unpaired) electrons. The molecule has 1 aliphatic rings. The Hall–Kier alpha value is -2.41. The maximum absolute atomic E-state index is 12.5. The summed E-state index contributed by atoms with van der Waals surface area (Å²) in [5.41, 5.74) is 1.28. The number of hydrogen-bond donors (Lipinski definition) is 2. The van der Waals surface area contributed by atoms with Crippen LogP contribution in [0.1, 0.15) is 32.4 Å². The van der Waals surface area contributed by atoms with Gasteiger partial charge in [-0.25, -0.2) is 0 Å². The number of carboxylic acids is 1. The van der Waals surface area contributed by atoms with Crippen LogP contribution in [0.15, 0.2) is 30.7 Å². The number of aliphatic hydroxyl groups is 1. The molecule has 1 fully saturated rings. The van der Waals surface area contributed by atoms with Gasteiger partial charge in [0.25, 0.3) is 0 Å². The lowest BCUT2D eigenvalue weighted by molar-refractivity contribution is -0.140. The van der Waals surface area contributed by atoms with E-state index in [1.54, 1.807) is 24.9 Å². The number of hydrogen-bond acceptors (Lipinski definition) is 4. The molecule has 2 N–H and O–H groups in total. The number of amides is 1. The van der Waals surface area contributed by atoms with Crippen molar-refractivity contribution in [3.8, 4) is 0 Å². The smallest absolute Gasteiger partial charge is 0.303 e. The lowest BCUT2D eigenvalue weighted by Crippen LogP contribution is -2.34. The zero-order valence-electron chi connectivity index (χ0n) is 15.1. The average Bonchev–Trinajstić information content (AvgIpc) is 3.12. The monoisotopic (exact) mass is 359 g/mol. The normalized spacial score (nSPS) is 20.7. The van der Waals surface area contributed by atoms with Crippen LogP contribution in [0.4, 0.5) is 0 Å². The molecule has 3 rings (SSSR count). The molecule has 2 aromatic heterocycles. The number of fused-ring (bicyclic) bond motifs is 1. The minimum Gasteiger partial charge on any atom is -0.481 e. The molecular formula is C19H25N3O4. The first-order chi connectivity index (χ1) is 12.2. The lowest BCUT2D eigenvalue weighted by Gasteiger charge is -2.25. The summed E-state index contributed by atoms with van der Waals surface area (Å²) in [6, 6.07) is 3.92. The van der Waals surface area contributed by atoms with Gasteiger partial charge in [0, 0.05) is 37.8 Å². The molecule has 7 nitrogen and oxygen atoms in total. The van der Waals surface area contributed by atoms with Gasteiger partial charge in [0.05, 0.1) is 29.9 Å². The highest BCUT2D eigenvalue weighted by molar-refractivity contribution is 5.78. The summed E-state index contributed by atoms with van der Waals surface area (Å²) in [5.74, 6) is -1.08. The average molecular weight is 359 g/mol. The molecule has 7 heteroatoms. The van der Waals surface area contributed by atoms with Crippen LogP contribution in [-0.4, -0.2) is 55.6 Å². The van der Waals surface area contributed by atoms with Crippen molar-refractivity contribution in [3.63, 3.8) is 0 Å². The molecule has 140 valence electrons. The second kappa shape index (κ2) is 7.07. The summed E-state index contributed by atoms with van der Waals surface area (Å²) in [4.78, 5) is 29.5. The number of carboxylic acid groups (broad SMARTS) is 1. The fourth-order valence-electron chi connectivity index (χ4n) is 3.60. The van der Waals surface area contributed by atoms with Gasteiger partial charge < -0.3 is 19.5 Å². The van der Waals surface area contributed by atoms with Gasteiger partial charge in [-0.3, -0.25) is 14.6 Å². The van der Waals surface area contributed by atoms with E-state index in [1.807, 2.05) is 28.9 Å². The summed E-state index contributed by atoms with van der Waals surface area (Å²) in [7, 11) is 0. The Bertz CT molecular complexity index is 814. The van der Waals surface area contributed by atoms with Gasteiger partial charge in [-0.05, 0) is 24.0 Å². The van der Waals surface area contributed by atoms with Crippen molar-refractivity contribution >= 4 is 17.4 Å². The molecule has 0 aliphatic carbocycles.